The minimum Gasteiger partial charge on any atom is -0.494 e. The Balaban J connectivity index is 2.75. The molecule has 19 heavy (non-hydrogen) atoms. The first-order valence-electron chi connectivity index (χ1n) is 5.21. The van der Waals surface area contributed by atoms with E-state index in [2.05, 4.69) is 10.2 Å². The predicted molar refractivity (Wildman–Crippen MR) is 73.1 cm³/mol. The maximum atomic E-state index is 11.8. The van der Waals surface area contributed by atoms with Crippen molar-refractivity contribution in [3.05, 3.63) is 23.4 Å². The summed E-state index contributed by atoms with van der Waals surface area (Å²) in [5.41, 5.74) is 6.84. The number of halogens is 1. The molecule has 1 heterocycles. The summed E-state index contributed by atoms with van der Waals surface area (Å²) < 4.78 is 28.6. The summed E-state index contributed by atoms with van der Waals surface area (Å²) in [4.78, 5) is 0.0121. The molecule has 3 N–H and O–H groups in total. The lowest BCUT2D eigenvalue weighted by Gasteiger charge is -2.11. The Bertz CT molecular complexity index is 725. The molecule has 2 rings (SSSR count). The van der Waals surface area contributed by atoms with Gasteiger partial charge in [0.05, 0.1) is 18.3 Å². The van der Waals surface area contributed by atoms with Crippen LogP contribution in [-0.2, 0) is 9.84 Å². The molecule has 102 valence electrons. The lowest BCUT2D eigenvalue weighted by atomic mass is 10.1. The smallest absolute Gasteiger partial charge is 0.179 e. The fraction of sp³-hybridized carbons (Fsp3) is 0.182. The molecule has 0 radical (unpaired) electrons. The van der Waals surface area contributed by atoms with Gasteiger partial charge in [0.1, 0.15) is 10.7 Å². The Morgan fingerprint density at radius 1 is 1.42 bits per heavy atom. The number of nitrogen functional groups attached to an aromatic ring is 1. The third kappa shape index (κ3) is 2.52. The van der Waals surface area contributed by atoms with Crippen molar-refractivity contribution < 1.29 is 13.2 Å². The molecule has 8 heteroatoms. The predicted octanol–water partition coefficient (Wildman–Crippen LogP) is 1.72. The number of rotatable bonds is 3. The van der Waals surface area contributed by atoms with Crippen LogP contribution in [0.3, 0.4) is 0 Å². The quantitative estimate of drug-likeness (QED) is 0.899. The molecule has 1 aromatic carbocycles. The zero-order chi connectivity index (χ0) is 14.2. The van der Waals surface area contributed by atoms with E-state index in [-0.39, 0.29) is 15.7 Å². The Kier molecular flexibility index (Phi) is 3.42. The average Bonchev–Trinajstić information content (AvgIpc) is 2.73. The van der Waals surface area contributed by atoms with Crippen LogP contribution in [0.25, 0.3) is 11.1 Å². The van der Waals surface area contributed by atoms with Gasteiger partial charge < -0.3 is 10.5 Å². The number of nitrogens with one attached hydrogen (secondary N) is 1. The second-order valence-electron chi connectivity index (χ2n) is 3.96. The highest BCUT2D eigenvalue weighted by atomic mass is 35.5. The normalized spacial score (nSPS) is 11.5. The molecule has 0 aliphatic heterocycles. The number of hydrogen-bond acceptors (Lipinski definition) is 5. The first-order valence-corrected chi connectivity index (χ1v) is 7.48. The van der Waals surface area contributed by atoms with E-state index in [1.165, 1.54) is 19.4 Å². The zero-order valence-corrected chi connectivity index (χ0v) is 11.8. The first-order chi connectivity index (χ1) is 8.84. The van der Waals surface area contributed by atoms with E-state index >= 15 is 0 Å². The molecule has 0 atom stereocenters. The number of methoxy groups -OCH3 is 1. The maximum absolute atomic E-state index is 11.8. The summed E-state index contributed by atoms with van der Waals surface area (Å²) >= 11 is 6.05. The van der Waals surface area contributed by atoms with E-state index in [1.807, 2.05) is 0 Å². The second-order valence-corrected chi connectivity index (χ2v) is 6.35. The van der Waals surface area contributed by atoms with Gasteiger partial charge in [0.2, 0.25) is 0 Å². The van der Waals surface area contributed by atoms with Crippen LogP contribution in [0.15, 0.2) is 23.2 Å². The standard InChI is InChI=1S/C11H12ClN3O3S/c1-18-10-8(12)3-6(4-9(10)19(2,16)17)7-5-14-15-11(7)13/h3-5H,1-2H3,(H3,13,14,15). The van der Waals surface area contributed by atoms with Gasteiger partial charge in [-0.1, -0.05) is 11.6 Å². The summed E-state index contributed by atoms with van der Waals surface area (Å²) in [6, 6.07) is 3.04. The number of aromatic nitrogens is 2. The molecular formula is C11H12ClN3O3S. The topological polar surface area (TPSA) is 98.1 Å². The van der Waals surface area contributed by atoms with Crippen LogP contribution in [-0.4, -0.2) is 32.0 Å². The van der Waals surface area contributed by atoms with Crippen LogP contribution in [0.4, 0.5) is 5.82 Å². The highest BCUT2D eigenvalue weighted by molar-refractivity contribution is 7.90. The SMILES string of the molecule is COc1c(Cl)cc(-c2cn[nH]c2N)cc1S(C)(=O)=O. The Morgan fingerprint density at radius 3 is 2.58 bits per heavy atom. The lowest BCUT2D eigenvalue weighted by Crippen LogP contribution is -2.02. The summed E-state index contributed by atoms with van der Waals surface area (Å²) in [6.45, 7) is 0. The molecule has 0 saturated heterocycles. The summed E-state index contributed by atoms with van der Waals surface area (Å²) in [6.07, 6.45) is 2.59. The molecular weight excluding hydrogens is 290 g/mol. The van der Waals surface area contributed by atoms with Crippen LogP contribution >= 0.6 is 11.6 Å². The zero-order valence-electron chi connectivity index (χ0n) is 10.3. The monoisotopic (exact) mass is 301 g/mol. The number of benzene rings is 1. The number of H-pyrrole nitrogens is 1. The van der Waals surface area contributed by atoms with Gasteiger partial charge in [-0.05, 0) is 17.7 Å². The van der Waals surface area contributed by atoms with Crippen molar-refractivity contribution in [2.45, 2.75) is 4.90 Å². The Labute approximate surface area is 115 Å². The van der Waals surface area contributed by atoms with Gasteiger partial charge in [-0.25, -0.2) is 8.42 Å². The molecule has 0 saturated carbocycles. The van der Waals surface area contributed by atoms with Gasteiger partial charge in [-0.15, -0.1) is 0 Å². The van der Waals surface area contributed by atoms with E-state index in [9.17, 15) is 8.42 Å². The van der Waals surface area contributed by atoms with Gasteiger partial charge in [-0.3, -0.25) is 5.10 Å². The molecule has 1 aromatic heterocycles. The maximum Gasteiger partial charge on any atom is 0.179 e. The van der Waals surface area contributed by atoms with Gasteiger partial charge in [-0.2, -0.15) is 5.10 Å². The van der Waals surface area contributed by atoms with E-state index in [0.717, 1.165) is 6.26 Å². The number of nitrogens with two attached hydrogens (primary N) is 1. The Morgan fingerprint density at radius 2 is 2.11 bits per heavy atom. The number of aromatic amines is 1. The third-order valence-electron chi connectivity index (χ3n) is 2.59. The molecule has 0 unspecified atom stereocenters. The molecule has 0 bridgehead atoms. The van der Waals surface area contributed by atoms with Crippen molar-refractivity contribution >= 4 is 27.3 Å². The van der Waals surface area contributed by atoms with Crippen molar-refractivity contribution in [1.82, 2.24) is 10.2 Å². The molecule has 2 aromatic rings. The molecule has 0 spiro atoms. The summed E-state index contributed by atoms with van der Waals surface area (Å²) in [5.74, 6) is 0.454. The number of ether oxygens (including phenoxy) is 1. The van der Waals surface area contributed by atoms with Crippen molar-refractivity contribution in [3.63, 3.8) is 0 Å². The fourth-order valence-corrected chi connectivity index (χ4v) is 2.95. The minimum absolute atomic E-state index is 0.0121. The fourth-order valence-electron chi connectivity index (χ4n) is 1.72. The largest absolute Gasteiger partial charge is 0.494 e. The van der Waals surface area contributed by atoms with E-state index in [1.54, 1.807) is 6.07 Å². The number of hydrogen-bond donors (Lipinski definition) is 2. The first kappa shape index (κ1) is 13.7. The van der Waals surface area contributed by atoms with Crippen LogP contribution in [0.2, 0.25) is 5.02 Å². The number of nitrogens with zero attached hydrogens (tertiary/aromatic N) is 1. The van der Waals surface area contributed by atoms with Gasteiger partial charge in [0, 0.05) is 11.8 Å². The van der Waals surface area contributed by atoms with Gasteiger partial charge >= 0.3 is 0 Å². The summed E-state index contributed by atoms with van der Waals surface area (Å²) in [5, 5.41) is 6.56. The highest BCUT2D eigenvalue weighted by Crippen LogP contribution is 2.37. The summed E-state index contributed by atoms with van der Waals surface area (Å²) in [7, 11) is -2.11. The molecule has 0 aliphatic carbocycles. The number of sulfone groups is 1. The van der Waals surface area contributed by atoms with Crippen LogP contribution in [0.1, 0.15) is 0 Å². The average molecular weight is 302 g/mol. The van der Waals surface area contributed by atoms with Gasteiger partial charge in [0.25, 0.3) is 0 Å². The van der Waals surface area contributed by atoms with Crippen molar-refractivity contribution in [1.29, 1.82) is 0 Å². The molecule has 6 nitrogen and oxygen atoms in total. The van der Waals surface area contributed by atoms with Crippen molar-refractivity contribution in [2.24, 2.45) is 0 Å². The minimum atomic E-state index is -3.48. The van der Waals surface area contributed by atoms with Crippen molar-refractivity contribution in [2.75, 3.05) is 19.1 Å². The number of anilines is 1. The van der Waals surface area contributed by atoms with Crippen molar-refractivity contribution in [3.8, 4) is 16.9 Å². The van der Waals surface area contributed by atoms with Crippen LogP contribution in [0, 0.1) is 0 Å². The molecule has 0 aliphatic rings. The molecule has 0 fully saturated rings. The lowest BCUT2D eigenvalue weighted by molar-refractivity contribution is 0.403. The van der Waals surface area contributed by atoms with E-state index < -0.39 is 9.84 Å². The Hall–Kier alpha value is -1.73. The molecule has 0 amide bonds. The van der Waals surface area contributed by atoms with E-state index in [4.69, 9.17) is 22.1 Å². The highest BCUT2D eigenvalue weighted by Gasteiger charge is 2.20. The second kappa shape index (κ2) is 4.75. The van der Waals surface area contributed by atoms with E-state index in [0.29, 0.717) is 16.9 Å². The van der Waals surface area contributed by atoms with Crippen LogP contribution < -0.4 is 10.5 Å². The van der Waals surface area contributed by atoms with Gasteiger partial charge in [0.15, 0.2) is 15.6 Å². The third-order valence-corrected chi connectivity index (χ3v) is 3.98. The van der Waals surface area contributed by atoms with Crippen LogP contribution in [0.5, 0.6) is 5.75 Å².